The van der Waals surface area contributed by atoms with Crippen molar-refractivity contribution in [2.75, 3.05) is 6.54 Å². The number of amides is 1. The molecule has 1 aromatic rings. The maximum Gasteiger partial charge on any atom is 0.243 e. The highest BCUT2D eigenvalue weighted by atomic mass is 79.9. The van der Waals surface area contributed by atoms with E-state index in [-0.39, 0.29) is 5.91 Å². The van der Waals surface area contributed by atoms with Gasteiger partial charge in [0.2, 0.25) is 5.91 Å². The molecule has 80 valence electrons. The lowest BCUT2D eigenvalue weighted by molar-refractivity contribution is -0.116. The van der Waals surface area contributed by atoms with E-state index < -0.39 is 0 Å². The zero-order valence-electron chi connectivity index (χ0n) is 8.66. The van der Waals surface area contributed by atoms with E-state index in [9.17, 15) is 4.79 Å². The first-order chi connectivity index (χ1) is 7.22. The molecule has 3 heteroatoms. The van der Waals surface area contributed by atoms with Gasteiger partial charge in [-0.3, -0.25) is 4.79 Å². The van der Waals surface area contributed by atoms with E-state index in [1.807, 2.05) is 31.2 Å². The summed E-state index contributed by atoms with van der Waals surface area (Å²) in [4.78, 5) is 11.2. The molecule has 0 heterocycles. The van der Waals surface area contributed by atoms with Crippen molar-refractivity contribution >= 4 is 27.9 Å². The van der Waals surface area contributed by atoms with Crippen molar-refractivity contribution in [1.29, 1.82) is 0 Å². The second-order valence-electron chi connectivity index (χ2n) is 3.18. The van der Waals surface area contributed by atoms with E-state index in [1.165, 1.54) is 0 Å². The van der Waals surface area contributed by atoms with Gasteiger partial charge in [0.25, 0.3) is 0 Å². The Hall–Kier alpha value is -1.09. The Labute approximate surface area is 98.5 Å². The summed E-state index contributed by atoms with van der Waals surface area (Å²) in [6.07, 6.45) is 4.31. The third-order valence-electron chi connectivity index (χ3n) is 1.85. The van der Waals surface area contributed by atoms with Crippen LogP contribution in [0.5, 0.6) is 0 Å². The lowest BCUT2D eigenvalue weighted by atomic mass is 10.2. The van der Waals surface area contributed by atoms with Crippen LogP contribution < -0.4 is 5.32 Å². The molecule has 0 aliphatic rings. The van der Waals surface area contributed by atoms with Gasteiger partial charge in [-0.15, -0.1) is 0 Å². The average molecular weight is 268 g/mol. The number of carbonyl (C=O) groups excluding carboxylic acids is 1. The Kier molecular flexibility index (Phi) is 5.12. The van der Waals surface area contributed by atoms with Crippen molar-refractivity contribution in [2.45, 2.75) is 13.3 Å². The molecule has 0 bridgehead atoms. The van der Waals surface area contributed by atoms with Crippen molar-refractivity contribution in [3.05, 3.63) is 40.4 Å². The molecule has 1 rings (SSSR count). The Morgan fingerprint density at radius 1 is 1.40 bits per heavy atom. The first-order valence-electron chi connectivity index (χ1n) is 4.94. The van der Waals surface area contributed by atoms with E-state index in [0.29, 0.717) is 0 Å². The Morgan fingerprint density at radius 2 is 2.07 bits per heavy atom. The smallest absolute Gasteiger partial charge is 0.243 e. The first kappa shape index (κ1) is 12.0. The highest BCUT2D eigenvalue weighted by molar-refractivity contribution is 9.10. The van der Waals surface area contributed by atoms with Gasteiger partial charge in [-0.05, 0) is 30.2 Å². The lowest BCUT2D eigenvalue weighted by Gasteiger charge is -1.97. The highest BCUT2D eigenvalue weighted by Gasteiger charge is 1.92. The Bertz CT molecular complexity index is 343. The molecule has 0 aliphatic heterocycles. The largest absolute Gasteiger partial charge is 0.353 e. The van der Waals surface area contributed by atoms with Crippen molar-refractivity contribution in [3.8, 4) is 0 Å². The first-order valence-corrected chi connectivity index (χ1v) is 5.73. The number of carbonyl (C=O) groups is 1. The molecule has 1 amide bonds. The van der Waals surface area contributed by atoms with Crippen molar-refractivity contribution < 1.29 is 4.79 Å². The van der Waals surface area contributed by atoms with Crippen LogP contribution >= 0.6 is 15.9 Å². The summed E-state index contributed by atoms with van der Waals surface area (Å²) < 4.78 is 1.04. The molecule has 0 atom stereocenters. The molecule has 2 nitrogen and oxygen atoms in total. The van der Waals surface area contributed by atoms with Crippen molar-refractivity contribution in [3.63, 3.8) is 0 Å². The molecule has 0 fully saturated rings. The maximum atomic E-state index is 11.2. The van der Waals surface area contributed by atoms with Crippen molar-refractivity contribution in [2.24, 2.45) is 0 Å². The number of rotatable bonds is 4. The fourth-order valence-corrected chi connectivity index (χ4v) is 1.32. The Balaban J connectivity index is 2.50. The van der Waals surface area contributed by atoms with Gasteiger partial charge in [0.05, 0.1) is 0 Å². The minimum absolute atomic E-state index is 0.0419. The number of halogens is 1. The number of hydrogen-bond acceptors (Lipinski definition) is 1. The molecule has 0 aliphatic carbocycles. The van der Waals surface area contributed by atoms with Gasteiger partial charge in [-0.25, -0.2) is 0 Å². The summed E-state index contributed by atoms with van der Waals surface area (Å²) in [6.45, 7) is 2.75. The van der Waals surface area contributed by atoms with Crippen molar-refractivity contribution in [1.82, 2.24) is 5.32 Å². The monoisotopic (exact) mass is 267 g/mol. The second-order valence-corrected chi connectivity index (χ2v) is 4.09. The zero-order chi connectivity index (χ0) is 11.1. The summed E-state index contributed by atoms with van der Waals surface area (Å²) in [5.74, 6) is -0.0419. The van der Waals surface area contributed by atoms with E-state index in [0.717, 1.165) is 23.0 Å². The van der Waals surface area contributed by atoms with Gasteiger partial charge >= 0.3 is 0 Å². The van der Waals surface area contributed by atoms with Crippen LogP contribution in [0.15, 0.2) is 34.8 Å². The summed E-state index contributed by atoms with van der Waals surface area (Å²) in [7, 11) is 0. The zero-order valence-corrected chi connectivity index (χ0v) is 10.3. The van der Waals surface area contributed by atoms with Gasteiger partial charge in [0.15, 0.2) is 0 Å². The van der Waals surface area contributed by atoms with E-state index in [2.05, 4.69) is 21.2 Å². The molecule has 0 aromatic heterocycles. The number of hydrogen-bond donors (Lipinski definition) is 1. The molecule has 0 saturated carbocycles. The SMILES string of the molecule is CCCNC(=O)/C=C/c1ccc(Br)cc1. The predicted octanol–water partition coefficient (Wildman–Crippen LogP) is 2.99. The van der Waals surface area contributed by atoms with Gasteiger partial charge < -0.3 is 5.32 Å². The third kappa shape index (κ3) is 4.79. The van der Waals surface area contributed by atoms with E-state index >= 15 is 0 Å². The molecule has 1 N–H and O–H groups in total. The van der Waals surface area contributed by atoms with Crippen LogP contribution in [-0.4, -0.2) is 12.5 Å². The summed E-state index contributed by atoms with van der Waals surface area (Å²) in [5, 5.41) is 2.78. The molecule has 1 aromatic carbocycles. The van der Waals surface area contributed by atoms with Crippen LogP contribution in [0.1, 0.15) is 18.9 Å². The number of benzene rings is 1. The van der Waals surface area contributed by atoms with Crippen LogP contribution in [0.3, 0.4) is 0 Å². The van der Waals surface area contributed by atoms with Crippen LogP contribution in [-0.2, 0) is 4.79 Å². The molecule has 0 saturated heterocycles. The fourth-order valence-electron chi connectivity index (χ4n) is 1.05. The normalized spacial score (nSPS) is 10.5. The van der Waals surface area contributed by atoms with E-state index in [4.69, 9.17) is 0 Å². The van der Waals surface area contributed by atoms with Crippen LogP contribution in [0.25, 0.3) is 6.08 Å². The average Bonchev–Trinajstić information content (AvgIpc) is 2.25. The molecule has 0 unspecified atom stereocenters. The number of nitrogens with one attached hydrogen (secondary N) is 1. The summed E-state index contributed by atoms with van der Waals surface area (Å²) in [5.41, 5.74) is 1.02. The van der Waals surface area contributed by atoms with Crippen LogP contribution in [0, 0.1) is 0 Å². The minimum atomic E-state index is -0.0419. The Morgan fingerprint density at radius 3 is 2.67 bits per heavy atom. The van der Waals surface area contributed by atoms with Gasteiger partial charge in [0.1, 0.15) is 0 Å². The van der Waals surface area contributed by atoms with Crippen LogP contribution in [0.2, 0.25) is 0 Å². The third-order valence-corrected chi connectivity index (χ3v) is 2.38. The topological polar surface area (TPSA) is 29.1 Å². The van der Waals surface area contributed by atoms with Gasteiger partial charge in [-0.2, -0.15) is 0 Å². The van der Waals surface area contributed by atoms with Crippen LogP contribution in [0.4, 0.5) is 0 Å². The molecular formula is C12H14BrNO. The molecule has 15 heavy (non-hydrogen) atoms. The quantitative estimate of drug-likeness (QED) is 0.836. The van der Waals surface area contributed by atoms with Gasteiger partial charge in [-0.1, -0.05) is 35.0 Å². The molecule has 0 radical (unpaired) electrons. The summed E-state index contributed by atoms with van der Waals surface area (Å²) in [6, 6.07) is 7.80. The molecule has 0 spiro atoms. The predicted molar refractivity (Wildman–Crippen MR) is 66.5 cm³/mol. The summed E-state index contributed by atoms with van der Waals surface area (Å²) >= 11 is 3.36. The highest BCUT2D eigenvalue weighted by Crippen LogP contribution is 2.11. The van der Waals surface area contributed by atoms with Gasteiger partial charge in [0, 0.05) is 17.1 Å². The minimum Gasteiger partial charge on any atom is -0.353 e. The second kappa shape index (κ2) is 6.40. The maximum absolute atomic E-state index is 11.2. The lowest BCUT2D eigenvalue weighted by Crippen LogP contribution is -2.21. The molecular weight excluding hydrogens is 254 g/mol. The fraction of sp³-hybridized carbons (Fsp3) is 0.250. The van der Waals surface area contributed by atoms with E-state index in [1.54, 1.807) is 12.2 Å². The standard InChI is InChI=1S/C12H14BrNO/c1-2-9-14-12(15)8-5-10-3-6-11(13)7-4-10/h3-8H,2,9H2,1H3,(H,14,15)/b8-5+.